The first-order chi connectivity index (χ1) is 8.72. The van der Waals surface area contributed by atoms with Crippen LogP contribution in [0.25, 0.3) is 10.9 Å². The highest BCUT2D eigenvalue weighted by molar-refractivity contribution is 6.02. The van der Waals surface area contributed by atoms with Crippen LogP contribution in [0, 0.1) is 6.92 Å². The summed E-state index contributed by atoms with van der Waals surface area (Å²) in [5.74, 6) is 0.172. The van der Waals surface area contributed by atoms with Crippen molar-refractivity contribution in [3.63, 3.8) is 0 Å². The van der Waals surface area contributed by atoms with E-state index in [4.69, 9.17) is 4.74 Å². The van der Waals surface area contributed by atoms with Crippen LogP contribution in [0.1, 0.15) is 17.5 Å². The molecule has 1 aromatic heterocycles. The van der Waals surface area contributed by atoms with Crippen molar-refractivity contribution < 1.29 is 9.84 Å². The molecular weight excluding hydrogens is 228 g/mol. The van der Waals surface area contributed by atoms with Gasteiger partial charge < -0.3 is 14.8 Å². The van der Waals surface area contributed by atoms with Gasteiger partial charge in [0, 0.05) is 37.4 Å². The van der Waals surface area contributed by atoms with Gasteiger partial charge in [0.2, 0.25) is 0 Å². The number of aryl methyl sites for hydroxylation is 1. The Labute approximate surface area is 106 Å². The first-order valence-corrected chi connectivity index (χ1v) is 6.02. The molecule has 2 aromatic rings. The molecule has 0 unspecified atom stereocenters. The van der Waals surface area contributed by atoms with E-state index in [1.807, 2.05) is 25.1 Å². The molecule has 0 fully saturated rings. The number of rotatable bonds is 5. The number of nitrogens with one attached hydrogen (secondary N) is 1. The molecule has 2 N–H and O–H groups in total. The summed E-state index contributed by atoms with van der Waals surface area (Å²) in [6.45, 7) is 3.44. The maximum atomic E-state index is 9.86. The monoisotopic (exact) mass is 246 g/mol. The van der Waals surface area contributed by atoms with Crippen molar-refractivity contribution in [3.05, 3.63) is 29.3 Å². The van der Waals surface area contributed by atoms with Crippen LogP contribution in [0.3, 0.4) is 0 Å². The van der Waals surface area contributed by atoms with Crippen molar-refractivity contribution in [1.29, 1.82) is 0 Å². The van der Waals surface area contributed by atoms with E-state index >= 15 is 0 Å². The number of aromatic amines is 1. The lowest BCUT2D eigenvalue weighted by Crippen LogP contribution is -1.91. The summed E-state index contributed by atoms with van der Waals surface area (Å²) in [6.07, 6.45) is 2.61. The predicted octanol–water partition coefficient (Wildman–Crippen LogP) is 2.64. The fourth-order valence-electron chi connectivity index (χ4n) is 1.90. The van der Waals surface area contributed by atoms with Gasteiger partial charge in [-0.2, -0.15) is 0 Å². The molecule has 1 heterocycles. The molecule has 1 aromatic carbocycles. The minimum Gasteiger partial charge on any atom is -0.494 e. The highest BCUT2D eigenvalue weighted by Gasteiger charge is 2.08. The topological polar surface area (TPSA) is 57.6 Å². The summed E-state index contributed by atoms with van der Waals surface area (Å²) in [4.78, 5) is 7.25. The molecular formula is C14H18N2O2. The SMILES string of the molecule is COCCCN=Cc1c(O)[nH]c2ccc(C)cc12. The molecule has 18 heavy (non-hydrogen) atoms. The zero-order valence-corrected chi connectivity index (χ0v) is 10.7. The molecule has 2 rings (SSSR count). The third-order valence-electron chi connectivity index (χ3n) is 2.83. The second kappa shape index (κ2) is 5.69. The average molecular weight is 246 g/mol. The smallest absolute Gasteiger partial charge is 0.198 e. The maximum Gasteiger partial charge on any atom is 0.198 e. The Morgan fingerprint density at radius 1 is 1.44 bits per heavy atom. The molecule has 0 atom stereocenters. The summed E-state index contributed by atoms with van der Waals surface area (Å²) in [6, 6.07) is 6.02. The standard InChI is InChI=1S/C14H18N2O2/c1-10-4-5-13-11(8-10)12(14(17)16-13)9-15-6-3-7-18-2/h4-5,8-9,16-17H,3,6-7H2,1-2H3. The number of aliphatic imine (C=N–C) groups is 1. The lowest BCUT2D eigenvalue weighted by Gasteiger charge is -1.96. The first-order valence-electron chi connectivity index (χ1n) is 6.02. The van der Waals surface area contributed by atoms with E-state index in [1.165, 1.54) is 0 Å². The Morgan fingerprint density at radius 2 is 2.28 bits per heavy atom. The van der Waals surface area contributed by atoms with Gasteiger partial charge in [-0.05, 0) is 25.5 Å². The molecule has 96 valence electrons. The van der Waals surface area contributed by atoms with Gasteiger partial charge >= 0.3 is 0 Å². The van der Waals surface area contributed by atoms with E-state index < -0.39 is 0 Å². The average Bonchev–Trinajstić information content (AvgIpc) is 2.65. The van der Waals surface area contributed by atoms with E-state index in [2.05, 4.69) is 9.98 Å². The van der Waals surface area contributed by atoms with Gasteiger partial charge in [-0.1, -0.05) is 11.6 Å². The molecule has 0 aliphatic carbocycles. The van der Waals surface area contributed by atoms with Crippen LogP contribution in [0.15, 0.2) is 23.2 Å². The number of H-pyrrole nitrogens is 1. The van der Waals surface area contributed by atoms with Gasteiger partial charge in [-0.15, -0.1) is 0 Å². The number of hydrogen-bond donors (Lipinski definition) is 2. The summed E-state index contributed by atoms with van der Waals surface area (Å²) < 4.78 is 4.96. The quantitative estimate of drug-likeness (QED) is 0.629. The Kier molecular flexibility index (Phi) is 3.99. The minimum atomic E-state index is 0.172. The lowest BCUT2D eigenvalue weighted by atomic mass is 10.1. The van der Waals surface area contributed by atoms with Crippen LogP contribution in [0.2, 0.25) is 0 Å². The maximum absolute atomic E-state index is 9.86. The number of aromatic hydroxyl groups is 1. The van der Waals surface area contributed by atoms with Gasteiger partial charge in [0.05, 0.1) is 5.56 Å². The fraction of sp³-hybridized carbons (Fsp3) is 0.357. The van der Waals surface area contributed by atoms with Crippen molar-refractivity contribution in [2.75, 3.05) is 20.3 Å². The Bertz CT molecular complexity index is 558. The predicted molar refractivity (Wildman–Crippen MR) is 73.7 cm³/mol. The van der Waals surface area contributed by atoms with Crippen LogP contribution in [-0.4, -0.2) is 36.6 Å². The Hall–Kier alpha value is -1.81. The van der Waals surface area contributed by atoms with Crippen molar-refractivity contribution >= 4 is 17.1 Å². The van der Waals surface area contributed by atoms with Crippen LogP contribution in [0.4, 0.5) is 0 Å². The molecule has 0 radical (unpaired) electrons. The summed E-state index contributed by atoms with van der Waals surface area (Å²) in [7, 11) is 1.68. The van der Waals surface area contributed by atoms with Crippen LogP contribution >= 0.6 is 0 Å². The van der Waals surface area contributed by atoms with Crippen LogP contribution < -0.4 is 0 Å². The second-order valence-electron chi connectivity index (χ2n) is 4.32. The molecule has 0 bridgehead atoms. The molecule has 0 amide bonds. The van der Waals surface area contributed by atoms with Crippen LogP contribution in [-0.2, 0) is 4.74 Å². The highest BCUT2D eigenvalue weighted by Crippen LogP contribution is 2.26. The Balaban J connectivity index is 2.21. The summed E-state index contributed by atoms with van der Waals surface area (Å²) in [5.41, 5.74) is 2.85. The third kappa shape index (κ3) is 2.71. The zero-order chi connectivity index (χ0) is 13.0. The number of hydrogen-bond acceptors (Lipinski definition) is 3. The molecule has 4 nitrogen and oxygen atoms in total. The molecule has 4 heteroatoms. The number of aromatic nitrogens is 1. The van der Waals surface area contributed by atoms with Gasteiger partial charge in [0.1, 0.15) is 0 Å². The summed E-state index contributed by atoms with van der Waals surface area (Å²) in [5, 5.41) is 10.9. The number of nitrogens with zero attached hydrogens (tertiary/aromatic N) is 1. The summed E-state index contributed by atoms with van der Waals surface area (Å²) >= 11 is 0. The normalized spacial score (nSPS) is 11.7. The zero-order valence-electron chi connectivity index (χ0n) is 10.7. The molecule has 0 aliphatic heterocycles. The lowest BCUT2D eigenvalue weighted by molar-refractivity contribution is 0.197. The van der Waals surface area contributed by atoms with Crippen molar-refractivity contribution in [2.24, 2.45) is 4.99 Å². The first kappa shape index (κ1) is 12.6. The number of fused-ring (bicyclic) bond motifs is 1. The van der Waals surface area contributed by atoms with Crippen molar-refractivity contribution in [1.82, 2.24) is 4.98 Å². The number of ether oxygens (including phenoxy) is 1. The number of methoxy groups -OCH3 is 1. The third-order valence-corrected chi connectivity index (χ3v) is 2.83. The van der Waals surface area contributed by atoms with Crippen LogP contribution in [0.5, 0.6) is 5.88 Å². The molecule has 0 spiro atoms. The van der Waals surface area contributed by atoms with Crippen molar-refractivity contribution in [2.45, 2.75) is 13.3 Å². The fourth-order valence-corrected chi connectivity index (χ4v) is 1.90. The second-order valence-corrected chi connectivity index (χ2v) is 4.32. The van der Waals surface area contributed by atoms with Gasteiger partial charge in [0.25, 0.3) is 0 Å². The van der Waals surface area contributed by atoms with E-state index in [0.717, 1.165) is 28.5 Å². The van der Waals surface area contributed by atoms with Gasteiger partial charge in [-0.3, -0.25) is 4.99 Å². The van der Waals surface area contributed by atoms with E-state index in [-0.39, 0.29) is 5.88 Å². The number of benzene rings is 1. The van der Waals surface area contributed by atoms with E-state index in [9.17, 15) is 5.11 Å². The van der Waals surface area contributed by atoms with E-state index in [0.29, 0.717) is 13.2 Å². The molecule has 0 saturated heterocycles. The largest absolute Gasteiger partial charge is 0.494 e. The highest BCUT2D eigenvalue weighted by atomic mass is 16.5. The Morgan fingerprint density at radius 3 is 3.06 bits per heavy atom. The molecule has 0 aliphatic rings. The molecule has 0 saturated carbocycles. The van der Waals surface area contributed by atoms with Gasteiger partial charge in [0.15, 0.2) is 5.88 Å². The minimum absolute atomic E-state index is 0.172. The van der Waals surface area contributed by atoms with Crippen molar-refractivity contribution in [3.8, 4) is 5.88 Å². The van der Waals surface area contributed by atoms with E-state index in [1.54, 1.807) is 13.3 Å². The van der Waals surface area contributed by atoms with Gasteiger partial charge in [-0.25, -0.2) is 0 Å².